The molecule has 0 aliphatic carbocycles. The molecule has 6 nitrogen and oxygen atoms in total. The minimum Gasteiger partial charge on any atom is -0.486 e. The van der Waals surface area contributed by atoms with E-state index >= 15 is 0 Å². The molecule has 0 bridgehead atoms. The summed E-state index contributed by atoms with van der Waals surface area (Å²) in [5, 5.41) is 11.2. The van der Waals surface area contributed by atoms with E-state index in [-0.39, 0.29) is 0 Å². The van der Waals surface area contributed by atoms with Crippen LogP contribution in [0.3, 0.4) is 0 Å². The van der Waals surface area contributed by atoms with E-state index < -0.39 is 0 Å². The van der Waals surface area contributed by atoms with Gasteiger partial charge in [-0.15, -0.1) is 10.2 Å². The topological polar surface area (TPSA) is 69.4 Å². The second-order valence-electron chi connectivity index (χ2n) is 4.57. The molecule has 106 valence electrons. The third kappa shape index (κ3) is 2.75. The molecule has 0 radical (unpaired) electrons. The normalized spacial score (nSPS) is 13.4. The second-order valence-corrected chi connectivity index (χ2v) is 4.57. The first-order chi connectivity index (χ1) is 9.86. The number of nitrogens with zero attached hydrogens (tertiary/aromatic N) is 2. The Balaban J connectivity index is 1.75. The number of hydrogen-bond donors (Lipinski definition) is 1. The third-order valence-electron chi connectivity index (χ3n) is 3.07. The van der Waals surface area contributed by atoms with Crippen molar-refractivity contribution in [3.8, 4) is 23.0 Å². The SMILES string of the molecule is CNCCCc1nnc(-c2ccc3c(c2)OCCO3)o1. The van der Waals surface area contributed by atoms with Crippen molar-refractivity contribution in [3.63, 3.8) is 0 Å². The Labute approximate surface area is 117 Å². The van der Waals surface area contributed by atoms with Crippen LogP contribution in [-0.2, 0) is 6.42 Å². The average molecular weight is 275 g/mol. The second kappa shape index (κ2) is 5.92. The fraction of sp³-hybridized carbons (Fsp3) is 0.429. The number of aromatic nitrogens is 2. The maximum atomic E-state index is 5.66. The number of hydrogen-bond acceptors (Lipinski definition) is 6. The van der Waals surface area contributed by atoms with Crippen LogP contribution in [0.5, 0.6) is 11.5 Å². The zero-order valence-corrected chi connectivity index (χ0v) is 11.4. The quantitative estimate of drug-likeness (QED) is 0.837. The van der Waals surface area contributed by atoms with Crippen molar-refractivity contribution in [1.29, 1.82) is 0 Å². The average Bonchev–Trinajstić information content (AvgIpc) is 2.96. The summed E-state index contributed by atoms with van der Waals surface area (Å²) in [5.74, 6) is 2.66. The van der Waals surface area contributed by atoms with Gasteiger partial charge in [0.15, 0.2) is 11.5 Å². The van der Waals surface area contributed by atoms with Gasteiger partial charge in [0.25, 0.3) is 0 Å². The molecule has 1 aliphatic heterocycles. The van der Waals surface area contributed by atoms with E-state index in [0.717, 1.165) is 36.4 Å². The Morgan fingerprint density at radius 3 is 2.85 bits per heavy atom. The van der Waals surface area contributed by atoms with E-state index in [1.807, 2.05) is 25.2 Å². The monoisotopic (exact) mass is 275 g/mol. The van der Waals surface area contributed by atoms with Crippen molar-refractivity contribution in [1.82, 2.24) is 15.5 Å². The number of fused-ring (bicyclic) bond motifs is 1. The molecule has 20 heavy (non-hydrogen) atoms. The van der Waals surface area contributed by atoms with Crippen molar-refractivity contribution in [2.75, 3.05) is 26.8 Å². The minimum atomic E-state index is 0.515. The smallest absolute Gasteiger partial charge is 0.247 e. The van der Waals surface area contributed by atoms with Crippen molar-refractivity contribution >= 4 is 0 Å². The molecule has 0 saturated carbocycles. The zero-order chi connectivity index (χ0) is 13.8. The van der Waals surface area contributed by atoms with Gasteiger partial charge in [-0.2, -0.15) is 0 Å². The summed E-state index contributed by atoms with van der Waals surface area (Å²) in [7, 11) is 1.93. The Kier molecular flexibility index (Phi) is 3.83. The number of ether oxygens (including phenoxy) is 2. The molecule has 1 aliphatic rings. The van der Waals surface area contributed by atoms with Gasteiger partial charge in [-0.3, -0.25) is 0 Å². The standard InChI is InChI=1S/C14H17N3O3/c1-15-6-2-3-13-16-17-14(20-13)10-4-5-11-12(9-10)19-8-7-18-11/h4-5,9,15H,2-3,6-8H2,1H3. The van der Waals surface area contributed by atoms with Gasteiger partial charge >= 0.3 is 0 Å². The van der Waals surface area contributed by atoms with Gasteiger partial charge in [-0.05, 0) is 38.2 Å². The lowest BCUT2D eigenvalue weighted by Gasteiger charge is -2.18. The molecule has 0 saturated heterocycles. The molecule has 0 unspecified atom stereocenters. The Morgan fingerprint density at radius 2 is 2.00 bits per heavy atom. The maximum absolute atomic E-state index is 5.66. The first-order valence-corrected chi connectivity index (χ1v) is 6.74. The van der Waals surface area contributed by atoms with E-state index in [0.29, 0.717) is 25.0 Å². The van der Waals surface area contributed by atoms with Crippen LogP contribution in [0.25, 0.3) is 11.5 Å². The summed E-state index contributed by atoms with van der Waals surface area (Å²) < 4.78 is 16.7. The van der Waals surface area contributed by atoms with E-state index in [1.165, 1.54) is 0 Å². The summed E-state index contributed by atoms with van der Waals surface area (Å²) in [5.41, 5.74) is 0.849. The predicted octanol–water partition coefficient (Wildman–Crippen LogP) is 1.66. The molecule has 0 atom stereocenters. The molecular formula is C14H17N3O3. The van der Waals surface area contributed by atoms with E-state index in [2.05, 4.69) is 15.5 Å². The molecule has 1 aromatic heterocycles. The summed E-state index contributed by atoms with van der Waals surface area (Å²) in [4.78, 5) is 0. The Hall–Kier alpha value is -2.08. The molecular weight excluding hydrogens is 258 g/mol. The molecule has 0 spiro atoms. The van der Waals surface area contributed by atoms with Crippen molar-refractivity contribution in [3.05, 3.63) is 24.1 Å². The lowest BCUT2D eigenvalue weighted by atomic mass is 10.2. The van der Waals surface area contributed by atoms with Crippen molar-refractivity contribution in [2.24, 2.45) is 0 Å². The molecule has 6 heteroatoms. The fourth-order valence-electron chi connectivity index (χ4n) is 2.06. The highest BCUT2D eigenvalue weighted by molar-refractivity contribution is 5.59. The molecule has 0 fully saturated rings. The highest BCUT2D eigenvalue weighted by Crippen LogP contribution is 2.34. The van der Waals surface area contributed by atoms with E-state index in [4.69, 9.17) is 13.9 Å². The number of aryl methyl sites for hydroxylation is 1. The summed E-state index contributed by atoms with van der Waals surface area (Å²) in [6.45, 7) is 2.08. The molecule has 3 rings (SSSR count). The summed E-state index contributed by atoms with van der Waals surface area (Å²) >= 11 is 0. The Morgan fingerprint density at radius 1 is 1.15 bits per heavy atom. The van der Waals surface area contributed by atoms with Gasteiger partial charge in [0.1, 0.15) is 13.2 Å². The lowest BCUT2D eigenvalue weighted by molar-refractivity contribution is 0.171. The van der Waals surface area contributed by atoms with Crippen LogP contribution in [0, 0.1) is 0 Å². The largest absolute Gasteiger partial charge is 0.486 e. The van der Waals surface area contributed by atoms with Gasteiger partial charge in [0.05, 0.1) is 0 Å². The highest BCUT2D eigenvalue weighted by atomic mass is 16.6. The minimum absolute atomic E-state index is 0.515. The van der Waals surface area contributed by atoms with Gasteiger partial charge in [-0.1, -0.05) is 0 Å². The molecule has 1 aromatic carbocycles. The van der Waals surface area contributed by atoms with Crippen LogP contribution < -0.4 is 14.8 Å². The van der Waals surface area contributed by atoms with Gasteiger partial charge in [-0.25, -0.2) is 0 Å². The van der Waals surface area contributed by atoms with E-state index in [9.17, 15) is 0 Å². The van der Waals surface area contributed by atoms with Crippen LogP contribution in [0.2, 0.25) is 0 Å². The molecule has 2 aromatic rings. The zero-order valence-electron chi connectivity index (χ0n) is 11.4. The van der Waals surface area contributed by atoms with Crippen LogP contribution in [0.1, 0.15) is 12.3 Å². The Bertz CT molecular complexity index is 583. The summed E-state index contributed by atoms with van der Waals surface area (Å²) in [6, 6.07) is 5.65. The van der Waals surface area contributed by atoms with Crippen LogP contribution in [0.4, 0.5) is 0 Å². The van der Waals surface area contributed by atoms with Crippen molar-refractivity contribution in [2.45, 2.75) is 12.8 Å². The number of benzene rings is 1. The molecule has 2 heterocycles. The molecule has 0 amide bonds. The fourth-order valence-corrected chi connectivity index (χ4v) is 2.06. The summed E-state index contributed by atoms with van der Waals surface area (Å²) in [6.07, 6.45) is 1.75. The number of rotatable bonds is 5. The first-order valence-electron chi connectivity index (χ1n) is 6.74. The third-order valence-corrected chi connectivity index (χ3v) is 3.07. The number of nitrogens with one attached hydrogen (secondary N) is 1. The van der Waals surface area contributed by atoms with Gasteiger partial charge in [0.2, 0.25) is 11.8 Å². The first kappa shape index (κ1) is 12.9. The van der Waals surface area contributed by atoms with Crippen LogP contribution >= 0.6 is 0 Å². The van der Waals surface area contributed by atoms with E-state index in [1.54, 1.807) is 0 Å². The predicted molar refractivity (Wildman–Crippen MR) is 73.0 cm³/mol. The maximum Gasteiger partial charge on any atom is 0.247 e. The van der Waals surface area contributed by atoms with Crippen LogP contribution in [0.15, 0.2) is 22.6 Å². The molecule has 1 N–H and O–H groups in total. The van der Waals surface area contributed by atoms with Crippen molar-refractivity contribution < 1.29 is 13.9 Å². The lowest BCUT2D eigenvalue weighted by Crippen LogP contribution is -2.15. The highest BCUT2D eigenvalue weighted by Gasteiger charge is 2.15. The van der Waals surface area contributed by atoms with Gasteiger partial charge < -0.3 is 19.2 Å². The van der Waals surface area contributed by atoms with Gasteiger partial charge in [0, 0.05) is 12.0 Å². The van der Waals surface area contributed by atoms with Crippen LogP contribution in [-0.4, -0.2) is 37.0 Å².